The summed E-state index contributed by atoms with van der Waals surface area (Å²) in [6.45, 7) is 18.9. The van der Waals surface area contributed by atoms with Crippen molar-refractivity contribution in [2.75, 3.05) is 4.90 Å². The van der Waals surface area contributed by atoms with Crippen LogP contribution in [0.2, 0.25) is 0 Å². The van der Waals surface area contributed by atoms with Gasteiger partial charge in [-0.25, -0.2) is 0 Å². The summed E-state index contributed by atoms with van der Waals surface area (Å²) in [5.74, 6) is 0.493. The fourth-order valence-electron chi connectivity index (χ4n) is 12.0. The lowest BCUT2D eigenvalue weighted by atomic mass is 9.70. The summed E-state index contributed by atoms with van der Waals surface area (Å²) in [5, 5.41) is 0. The zero-order chi connectivity index (χ0) is 53.8. The standard InChI is InChI=1S/C77H69N/c1-52-29-38-65(39-30-52)78(66-40-33-57(34-41-66)54-23-15-10-16-24-54)67-42-44-68(70(51-67)58-27-19-12-20-28-58)59-35-43-69-72-48-60(55-25-17-11-18-26-55)47-71(61-45-63(75(2,3)4)50-64(46-61)76(5,6)7)74(72)77(8,73(69)49-59)62-36-31-56(32-37-62)53-21-13-9-14-22-53/h9-29,31-52H,30H2,1-8H3. The fraction of sp³-hybridized carbons (Fsp3) is 0.169. The van der Waals surface area contributed by atoms with Crippen LogP contribution >= 0.6 is 0 Å². The molecule has 0 heterocycles. The van der Waals surface area contributed by atoms with Gasteiger partial charge < -0.3 is 4.90 Å². The van der Waals surface area contributed by atoms with Crippen molar-refractivity contribution < 1.29 is 0 Å². The van der Waals surface area contributed by atoms with Gasteiger partial charge in [-0.2, -0.15) is 0 Å². The van der Waals surface area contributed by atoms with E-state index in [9.17, 15) is 0 Å². The Morgan fingerprint density at radius 3 is 1.40 bits per heavy atom. The molecule has 0 N–H and O–H groups in total. The summed E-state index contributed by atoms with van der Waals surface area (Å²) >= 11 is 0. The minimum Gasteiger partial charge on any atom is -0.311 e. The van der Waals surface area contributed by atoms with E-state index in [1.165, 1.54) is 111 Å². The van der Waals surface area contributed by atoms with Gasteiger partial charge in [-0.05, 0) is 184 Å². The summed E-state index contributed by atoms with van der Waals surface area (Å²) in [6.07, 6.45) is 8.05. The molecule has 78 heavy (non-hydrogen) atoms. The van der Waals surface area contributed by atoms with Crippen LogP contribution in [-0.2, 0) is 16.2 Å². The van der Waals surface area contributed by atoms with Gasteiger partial charge in [0.05, 0.1) is 0 Å². The van der Waals surface area contributed by atoms with Gasteiger partial charge in [0, 0.05) is 22.5 Å². The maximum absolute atomic E-state index is 2.54. The lowest BCUT2D eigenvalue weighted by Crippen LogP contribution is -2.24. The quantitative estimate of drug-likeness (QED) is 0.132. The van der Waals surface area contributed by atoms with E-state index in [1.54, 1.807) is 0 Å². The van der Waals surface area contributed by atoms with Crippen LogP contribution in [0.25, 0.3) is 77.9 Å². The SMILES string of the molecule is CC1C=CC(N(c2ccc(-c3ccccc3)cc2)c2ccc(-c3ccc4c(c3)C(C)(c3ccc(-c5ccccc5)cc3)c3c(-c5cc(C(C)(C)C)cc(C(C)(C)C)c5)cc(-c5ccccc5)cc3-4)c(-c3ccccc3)c2)=CC1. The fourth-order valence-corrected chi connectivity index (χ4v) is 12.0. The predicted molar refractivity (Wildman–Crippen MR) is 333 cm³/mol. The van der Waals surface area contributed by atoms with Gasteiger partial charge in [-0.15, -0.1) is 0 Å². The Morgan fingerprint density at radius 1 is 0.385 bits per heavy atom. The Kier molecular flexibility index (Phi) is 13.0. The molecule has 2 unspecified atom stereocenters. The third-order valence-corrected chi connectivity index (χ3v) is 16.6. The number of hydrogen-bond acceptors (Lipinski definition) is 1. The molecule has 1 nitrogen and oxygen atoms in total. The maximum Gasteiger partial charge on any atom is 0.0468 e. The van der Waals surface area contributed by atoms with E-state index >= 15 is 0 Å². The van der Waals surface area contributed by atoms with Gasteiger partial charge in [-0.1, -0.05) is 255 Å². The van der Waals surface area contributed by atoms with Crippen LogP contribution in [0.5, 0.6) is 0 Å². The van der Waals surface area contributed by atoms with Gasteiger partial charge >= 0.3 is 0 Å². The average Bonchev–Trinajstić information content (AvgIpc) is 3.93. The molecule has 12 rings (SSSR count). The Morgan fingerprint density at radius 2 is 0.859 bits per heavy atom. The number of nitrogens with zero attached hydrogens (tertiary/aromatic N) is 1. The first-order valence-corrected chi connectivity index (χ1v) is 28.0. The minimum atomic E-state index is -0.535. The largest absolute Gasteiger partial charge is 0.311 e. The lowest BCUT2D eigenvalue weighted by molar-refractivity contribution is 0.569. The van der Waals surface area contributed by atoms with Crippen LogP contribution < -0.4 is 4.90 Å². The summed E-state index contributed by atoms with van der Waals surface area (Å²) in [6, 6.07) is 88.8. The normalized spacial score (nSPS) is 15.8. The van der Waals surface area contributed by atoms with Crippen LogP contribution in [0, 0.1) is 5.92 Å². The Bertz CT molecular complexity index is 3840. The van der Waals surface area contributed by atoms with E-state index in [0.29, 0.717) is 5.92 Å². The van der Waals surface area contributed by atoms with Gasteiger partial charge in [0.15, 0.2) is 0 Å². The second-order valence-electron chi connectivity index (χ2n) is 24.0. The molecule has 382 valence electrons. The molecule has 0 amide bonds. The van der Waals surface area contributed by atoms with Crippen molar-refractivity contribution in [3.8, 4) is 77.9 Å². The van der Waals surface area contributed by atoms with Gasteiger partial charge in [-0.3, -0.25) is 0 Å². The highest BCUT2D eigenvalue weighted by Gasteiger charge is 2.44. The van der Waals surface area contributed by atoms with E-state index in [-0.39, 0.29) is 10.8 Å². The molecule has 0 aliphatic heterocycles. The predicted octanol–water partition coefficient (Wildman–Crippen LogP) is 21.2. The second kappa shape index (κ2) is 20.1. The summed E-state index contributed by atoms with van der Waals surface area (Å²) in [7, 11) is 0. The van der Waals surface area contributed by atoms with Crippen LogP contribution in [0.15, 0.2) is 261 Å². The average molecular weight is 1010 g/mol. The van der Waals surface area contributed by atoms with Gasteiger partial charge in [0.2, 0.25) is 0 Å². The molecule has 0 radical (unpaired) electrons. The molecule has 0 saturated heterocycles. The summed E-state index contributed by atoms with van der Waals surface area (Å²) in [5.41, 5.74) is 26.6. The number of anilines is 2. The molecule has 0 saturated carbocycles. The summed E-state index contributed by atoms with van der Waals surface area (Å²) in [4.78, 5) is 2.44. The number of fused-ring (bicyclic) bond motifs is 3. The second-order valence-corrected chi connectivity index (χ2v) is 24.0. The van der Waals surface area contributed by atoms with Crippen molar-refractivity contribution in [1.29, 1.82) is 0 Å². The number of rotatable bonds is 10. The number of allylic oxidation sites excluding steroid dienone is 3. The molecule has 0 bridgehead atoms. The Hall–Kier alpha value is -8.52. The Labute approximate surface area is 464 Å². The van der Waals surface area contributed by atoms with Crippen LogP contribution in [-0.4, -0.2) is 0 Å². The molecule has 0 aromatic heterocycles. The maximum atomic E-state index is 2.54. The van der Waals surface area contributed by atoms with Crippen molar-refractivity contribution in [3.63, 3.8) is 0 Å². The Balaban J connectivity index is 1.08. The van der Waals surface area contributed by atoms with E-state index in [0.717, 1.165) is 17.8 Å². The number of benzene rings is 10. The van der Waals surface area contributed by atoms with Crippen molar-refractivity contribution in [2.45, 2.75) is 78.1 Å². The molecule has 0 fully saturated rings. The van der Waals surface area contributed by atoms with E-state index in [4.69, 9.17) is 0 Å². The minimum absolute atomic E-state index is 0.0523. The molecule has 2 aliphatic rings. The molecular formula is C77H69N. The van der Waals surface area contributed by atoms with E-state index in [2.05, 4.69) is 315 Å². The van der Waals surface area contributed by atoms with Gasteiger partial charge in [0.25, 0.3) is 0 Å². The van der Waals surface area contributed by atoms with E-state index in [1.807, 2.05) is 0 Å². The highest BCUT2D eigenvalue weighted by atomic mass is 15.1. The number of hydrogen-bond donors (Lipinski definition) is 0. The lowest BCUT2D eigenvalue weighted by Gasteiger charge is -2.32. The van der Waals surface area contributed by atoms with Crippen LogP contribution in [0.3, 0.4) is 0 Å². The molecular weight excluding hydrogens is 939 g/mol. The van der Waals surface area contributed by atoms with Crippen molar-refractivity contribution in [3.05, 3.63) is 288 Å². The highest BCUT2D eigenvalue weighted by Crippen LogP contribution is 2.58. The van der Waals surface area contributed by atoms with Crippen molar-refractivity contribution in [1.82, 2.24) is 0 Å². The molecule has 10 aromatic carbocycles. The van der Waals surface area contributed by atoms with Gasteiger partial charge in [0.1, 0.15) is 0 Å². The molecule has 0 spiro atoms. The first-order valence-electron chi connectivity index (χ1n) is 28.0. The van der Waals surface area contributed by atoms with Crippen LogP contribution in [0.1, 0.15) is 89.6 Å². The monoisotopic (exact) mass is 1010 g/mol. The van der Waals surface area contributed by atoms with E-state index < -0.39 is 5.41 Å². The van der Waals surface area contributed by atoms with Crippen molar-refractivity contribution in [2.24, 2.45) is 5.92 Å². The summed E-state index contributed by atoms with van der Waals surface area (Å²) < 4.78 is 0. The molecule has 10 aromatic rings. The smallest absolute Gasteiger partial charge is 0.0468 e. The van der Waals surface area contributed by atoms with Crippen LogP contribution in [0.4, 0.5) is 11.4 Å². The third-order valence-electron chi connectivity index (χ3n) is 16.6. The first-order chi connectivity index (χ1) is 37.7. The zero-order valence-electron chi connectivity index (χ0n) is 46.5. The third kappa shape index (κ3) is 9.47. The topological polar surface area (TPSA) is 3.24 Å². The van der Waals surface area contributed by atoms with Crippen molar-refractivity contribution >= 4 is 11.4 Å². The highest BCUT2D eigenvalue weighted by molar-refractivity contribution is 5.96. The molecule has 1 heteroatoms. The molecule has 2 aliphatic carbocycles. The first kappa shape index (κ1) is 50.3. The zero-order valence-corrected chi connectivity index (χ0v) is 46.5. The molecule has 2 atom stereocenters.